The molecule has 0 aliphatic carbocycles. The van der Waals surface area contributed by atoms with Crippen LogP contribution < -0.4 is 0 Å². The number of hydrogen-bond acceptors (Lipinski definition) is 1. The summed E-state index contributed by atoms with van der Waals surface area (Å²) in [6.07, 6.45) is 3.76. The monoisotopic (exact) mass is 174 g/mol. The Morgan fingerprint density at radius 3 is 2.18 bits per heavy atom. The second kappa shape index (κ2) is 4.94. The van der Waals surface area contributed by atoms with Crippen LogP contribution >= 0.6 is 0 Å². The van der Waals surface area contributed by atoms with Crippen molar-refractivity contribution in [1.82, 2.24) is 0 Å². The van der Waals surface area contributed by atoms with E-state index in [-0.39, 0.29) is 5.60 Å². The molecule has 0 aromatic rings. The Bertz CT molecular complexity index is 99.7. The lowest BCUT2D eigenvalue weighted by atomic mass is 10.0. The van der Waals surface area contributed by atoms with Crippen LogP contribution in [0.2, 0.25) is 13.1 Å². The fourth-order valence-electron chi connectivity index (χ4n) is 1.30. The van der Waals surface area contributed by atoms with Gasteiger partial charge in [-0.3, -0.25) is 0 Å². The first-order chi connectivity index (χ1) is 4.98. The molecular weight excluding hydrogens is 152 g/mol. The molecule has 0 fully saturated rings. The van der Waals surface area contributed by atoms with Gasteiger partial charge in [0.15, 0.2) is 9.04 Å². The third kappa shape index (κ3) is 6.57. The smallest absolute Gasteiger partial charge is 0.171 e. The van der Waals surface area contributed by atoms with Crippen molar-refractivity contribution in [3.05, 3.63) is 0 Å². The van der Waals surface area contributed by atoms with Gasteiger partial charge in [0.05, 0.1) is 5.60 Å². The van der Waals surface area contributed by atoms with Crippen molar-refractivity contribution < 1.29 is 4.43 Å². The largest absolute Gasteiger partial charge is 0.416 e. The fraction of sp³-hybridized carbons (Fsp3) is 1.00. The van der Waals surface area contributed by atoms with Gasteiger partial charge in [-0.15, -0.1) is 0 Å². The molecule has 0 bridgehead atoms. The topological polar surface area (TPSA) is 9.23 Å². The van der Waals surface area contributed by atoms with E-state index in [1.54, 1.807) is 0 Å². The molecule has 0 aliphatic rings. The van der Waals surface area contributed by atoms with Crippen LogP contribution in [0.5, 0.6) is 0 Å². The molecule has 11 heavy (non-hydrogen) atoms. The van der Waals surface area contributed by atoms with Crippen molar-refractivity contribution in [2.24, 2.45) is 0 Å². The second-order valence-corrected chi connectivity index (χ2v) is 6.36. The summed E-state index contributed by atoms with van der Waals surface area (Å²) in [5, 5.41) is 0. The van der Waals surface area contributed by atoms with Crippen molar-refractivity contribution in [2.45, 2.75) is 58.7 Å². The Morgan fingerprint density at radius 1 is 1.27 bits per heavy atom. The van der Waals surface area contributed by atoms with Crippen molar-refractivity contribution in [3.8, 4) is 0 Å². The van der Waals surface area contributed by atoms with E-state index in [2.05, 4.69) is 33.9 Å². The maximum Gasteiger partial charge on any atom is 0.171 e. The zero-order valence-electron chi connectivity index (χ0n) is 8.61. The summed E-state index contributed by atoms with van der Waals surface area (Å²) in [7, 11) is -0.838. The average molecular weight is 174 g/mol. The first-order valence-electron chi connectivity index (χ1n) is 4.66. The van der Waals surface area contributed by atoms with Gasteiger partial charge >= 0.3 is 0 Å². The molecule has 0 aliphatic heterocycles. The molecule has 0 spiro atoms. The van der Waals surface area contributed by atoms with E-state index in [4.69, 9.17) is 4.43 Å². The maximum atomic E-state index is 5.88. The Balaban J connectivity index is 3.61. The highest BCUT2D eigenvalue weighted by Crippen LogP contribution is 2.18. The highest BCUT2D eigenvalue weighted by molar-refractivity contribution is 6.48. The molecule has 0 saturated heterocycles. The highest BCUT2D eigenvalue weighted by Gasteiger charge is 2.18. The molecule has 0 aromatic carbocycles. The molecule has 0 saturated carbocycles. The van der Waals surface area contributed by atoms with Gasteiger partial charge in [0.25, 0.3) is 0 Å². The van der Waals surface area contributed by atoms with Crippen molar-refractivity contribution >= 4 is 9.04 Å². The minimum Gasteiger partial charge on any atom is -0.416 e. The van der Waals surface area contributed by atoms with E-state index in [9.17, 15) is 0 Å². The lowest BCUT2D eigenvalue weighted by Gasteiger charge is -2.27. The van der Waals surface area contributed by atoms with Gasteiger partial charge in [-0.1, -0.05) is 19.8 Å². The molecule has 68 valence electrons. The lowest BCUT2D eigenvalue weighted by molar-refractivity contribution is 0.0968. The Kier molecular flexibility index (Phi) is 5.02. The summed E-state index contributed by atoms with van der Waals surface area (Å²) in [5.41, 5.74) is 0.135. The van der Waals surface area contributed by atoms with Crippen molar-refractivity contribution in [3.63, 3.8) is 0 Å². The number of hydrogen-bond donors (Lipinski definition) is 0. The average Bonchev–Trinajstić information content (AvgIpc) is 1.81. The maximum absolute atomic E-state index is 5.88. The quantitative estimate of drug-likeness (QED) is 0.582. The number of unbranched alkanes of at least 4 members (excludes halogenated alkanes) is 1. The Morgan fingerprint density at radius 2 is 1.82 bits per heavy atom. The molecule has 0 rings (SSSR count). The molecular formula is C9H22OSi. The standard InChI is InChI=1S/C9H22OSi/c1-6-7-8-9(2,3)10-11(4)5/h11H,6-8H2,1-5H3. The molecule has 0 atom stereocenters. The van der Waals surface area contributed by atoms with Gasteiger partial charge in [0, 0.05) is 0 Å². The molecule has 0 heterocycles. The molecule has 1 nitrogen and oxygen atoms in total. The van der Waals surface area contributed by atoms with Gasteiger partial charge < -0.3 is 4.43 Å². The van der Waals surface area contributed by atoms with Crippen LogP contribution in [0.4, 0.5) is 0 Å². The van der Waals surface area contributed by atoms with E-state index < -0.39 is 9.04 Å². The van der Waals surface area contributed by atoms with E-state index in [1.165, 1.54) is 19.3 Å². The van der Waals surface area contributed by atoms with Crippen LogP contribution in [0.1, 0.15) is 40.0 Å². The second-order valence-electron chi connectivity index (χ2n) is 4.03. The van der Waals surface area contributed by atoms with Gasteiger partial charge in [-0.05, 0) is 33.4 Å². The summed E-state index contributed by atoms with van der Waals surface area (Å²) in [4.78, 5) is 0. The third-order valence-electron chi connectivity index (χ3n) is 1.69. The predicted molar refractivity (Wildman–Crippen MR) is 53.6 cm³/mol. The molecule has 0 N–H and O–H groups in total. The summed E-state index contributed by atoms with van der Waals surface area (Å²) < 4.78 is 5.88. The van der Waals surface area contributed by atoms with Gasteiger partial charge in [-0.2, -0.15) is 0 Å². The summed E-state index contributed by atoms with van der Waals surface area (Å²) in [5.74, 6) is 0. The van der Waals surface area contributed by atoms with E-state index in [1.807, 2.05) is 0 Å². The summed E-state index contributed by atoms with van der Waals surface area (Å²) >= 11 is 0. The highest BCUT2D eigenvalue weighted by atomic mass is 28.3. The SMILES string of the molecule is CCCCC(C)(C)O[SiH](C)C. The molecule has 0 aromatic heterocycles. The third-order valence-corrected chi connectivity index (χ3v) is 2.80. The first kappa shape index (κ1) is 11.2. The van der Waals surface area contributed by atoms with Gasteiger partial charge in [0.2, 0.25) is 0 Å². The fourth-order valence-corrected chi connectivity index (χ4v) is 2.69. The van der Waals surface area contributed by atoms with Crippen molar-refractivity contribution in [2.75, 3.05) is 0 Å². The van der Waals surface area contributed by atoms with Crippen LogP contribution in [0.3, 0.4) is 0 Å². The van der Waals surface area contributed by atoms with Crippen LogP contribution in [-0.4, -0.2) is 14.6 Å². The van der Waals surface area contributed by atoms with Crippen LogP contribution in [0.15, 0.2) is 0 Å². The Hall–Kier alpha value is 0.177. The zero-order chi connectivity index (χ0) is 8.91. The van der Waals surface area contributed by atoms with E-state index >= 15 is 0 Å². The molecule has 0 unspecified atom stereocenters. The molecule has 0 radical (unpaired) electrons. The van der Waals surface area contributed by atoms with E-state index in [0.717, 1.165) is 0 Å². The number of rotatable bonds is 5. The predicted octanol–water partition coefficient (Wildman–Crippen LogP) is 2.96. The van der Waals surface area contributed by atoms with Gasteiger partial charge in [-0.25, -0.2) is 0 Å². The molecule has 0 amide bonds. The zero-order valence-corrected chi connectivity index (χ0v) is 9.76. The lowest BCUT2D eigenvalue weighted by Crippen LogP contribution is -2.29. The normalized spacial score (nSPS) is 12.5. The minimum atomic E-state index is -0.838. The summed E-state index contributed by atoms with van der Waals surface area (Å²) in [6.45, 7) is 11.1. The minimum absolute atomic E-state index is 0.135. The molecule has 2 heteroatoms. The van der Waals surface area contributed by atoms with Crippen LogP contribution in [-0.2, 0) is 4.43 Å². The van der Waals surface area contributed by atoms with Gasteiger partial charge in [0.1, 0.15) is 0 Å². The Labute approximate surface area is 72.9 Å². The van der Waals surface area contributed by atoms with Crippen molar-refractivity contribution in [1.29, 1.82) is 0 Å². The van der Waals surface area contributed by atoms with E-state index in [0.29, 0.717) is 0 Å². The van der Waals surface area contributed by atoms with Crippen LogP contribution in [0.25, 0.3) is 0 Å². The first-order valence-corrected chi connectivity index (χ1v) is 7.44. The van der Waals surface area contributed by atoms with Crippen LogP contribution in [0, 0.1) is 0 Å². The summed E-state index contributed by atoms with van der Waals surface area (Å²) in [6, 6.07) is 0.